The van der Waals surface area contributed by atoms with Crippen LogP contribution in [0.1, 0.15) is 46.7 Å². The van der Waals surface area contributed by atoms with Crippen molar-refractivity contribution in [2.24, 2.45) is 0 Å². The minimum absolute atomic E-state index is 0.0266. The molecule has 0 spiro atoms. The lowest BCUT2D eigenvalue weighted by Gasteiger charge is -2.38. The molecule has 2 aromatic heterocycles. The van der Waals surface area contributed by atoms with Crippen molar-refractivity contribution in [2.75, 3.05) is 14.2 Å². The molecule has 0 radical (unpaired) electrons. The van der Waals surface area contributed by atoms with Crippen molar-refractivity contribution in [3.05, 3.63) is 75.9 Å². The average Bonchev–Trinajstić information content (AvgIpc) is 3.27. The molecule has 0 bridgehead atoms. The number of hydrogen-bond acceptors (Lipinski definition) is 8. The smallest absolute Gasteiger partial charge is 0.433 e. The van der Waals surface area contributed by atoms with Crippen LogP contribution in [0.3, 0.4) is 0 Å². The van der Waals surface area contributed by atoms with Crippen LogP contribution in [-0.2, 0) is 33.3 Å². The second-order valence-electron chi connectivity index (χ2n) is 8.74. The number of halogens is 3. The Labute approximate surface area is 214 Å². The maximum Gasteiger partial charge on any atom is 0.433 e. The van der Waals surface area contributed by atoms with E-state index in [1.54, 1.807) is 31.2 Å². The van der Waals surface area contributed by atoms with Crippen LogP contribution in [0.2, 0.25) is 0 Å². The summed E-state index contributed by atoms with van der Waals surface area (Å²) < 4.78 is 57.4. The molecule has 0 unspecified atom stereocenters. The number of rotatable bonds is 4. The minimum Gasteiger partial charge on any atom is -0.497 e. The van der Waals surface area contributed by atoms with Gasteiger partial charge in [0.1, 0.15) is 34.9 Å². The number of pyridine rings is 1. The molecule has 2 aliphatic rings. The van der Waals surface area contributed by atoms with E-state index in [0.29, 0.717) is 17.4 Å². The number of H-pyrrole nitrogens is 1. The first-order valence-electron chi connectivity index (χ1n) is 11.3. The average molecular weight is 526 g/mol. The number of ether oxygens (including phenoxy) is 3. The summed E-state index contributed by atoms with van der Waals surface area (Å²) in [6.07, 6.45) is -4.28. The van der Waals surface area contributed by atoms with Crippen LogP contribution in [0.15, 0.2) is 36.5 Å². The van der Waals surface area contributed by atoms with Gasteiger partial charge < -0.3 is 24.3 Å². The number of aromatic amines is 1. The molecule has 0 saturated heterocycles. The van der Waals surface area contributed by atoms with E-state index in [4.69, 9.17) is 19.6 Å². The number of benzene rings is 1. The van der Waals surface area contributed by atoms with Gasteiger partial charge in [-0.3, -0.25) is 10.2 Å². The number of fused-ring (bicyclic) bond motifs is 5. The molecule has 3 atom stereocenters. The maximum absolute atomic E-state index is 13.7. The van der Waals surface area contributed by atoms with Crippen molar-refractivity contribution in [1.82, 2.24) is 15.0 Å². The molecule has 3 heterocycles. The predicted octanol–water partition coefficient (Wildman–Crippen LogP) is 2.67. The number of nitrogens with one attached hydrogen (secondary N) is 2. The fourth-order valence-corrected chi connectivity index (χ4v) is 5.18. The minimum atomic E-state index is -4.81. The van der Waals surface area contributed by atoms with Crippen LogP contribution in [0.4, 0.5) is 13.2 Å². The molecular weight excluding hydrogens is 505 g/mol. The van der Waals surface area contributed by atoms with Crippen molar-refractivity contribution in [1.29, 1.82) is 5.41 Å². The van der Waals surface area contributed by atoms with Gasteiger partial charge in [-0.2, -0.15) is 13.2 Å². The van der Waals surface area contributed by atoms with Crippen molar-refractivity contribution in [2.45, 2.75) is 36.6 Å². The van der Waals surface area contributed by atoms with Crippen molar-refractivity contribution in [3.63, 3.8) is 0 Å². The van der Waals surface area contributed by atoms with Crippen molar-refractivity contribution < 1.29 is 37.3 Å². The lowest BCUT2D eigenvalue weighted by atomic mass is 9.72. The Kier molecular flexibility index (Phi) is 5.72. The highest BCUT2D eigenvalue weighted by molar-refractivity contribution is 5.71. The molecule has 196 valence electrons. The molecule has 12 heteroatoms. The highest BCUT2D eigenvalue weighted by atomic mass is 19.4. The Balaban J connectivity index is 1.88. The Morgan fingerprint density at radius 1 is 1.29 bits per heavy atom. The summed E-state index contributed by atoms with van der Waals surface area (Å²) in [6, 6.07) is 7.15. The van der Waals surface area contributed by atoms with E-state index in [9.17, 15) is 23.1 Å². The molecule has 0 amide bonds. The number of carbonyl (C=O) groups excluding carboxylic acids is 1. The molecule has 38 heavy (non-hydrogen) atoms. The third-order valence-electron chi connectivity index (χ3n) is 6.78. The first-order chi connectivity index (χ1) is 18.0. The van der Waals surface area contributed by atoms with Gasteiger partial charge in [0, 0.05) is 16.7 Å². The third-order valence-corrected chi connectivity index (χ3v) is 6.78. The highest BCUT2D eigenvalue weighted by Gasteiger charge is 2.72. The molecular formula is C26H21F3N4O5. The SMILES string of the molecule is CC#C[C@@H]1c2c(nc(CC(=O)OC)[nH]c2=N)[C@@]2(O)c3cc(C(F)(F)F)ncc3O[C@@]12c1ccc(OC)cc1. The number of carbonyl (C=O) groups is 1. The largest absolute Gasteiger partial charge is 0.497 e. The monoisotopic (exact) mass is 526 g/mol. The molecule has 1 aromatic carbocycles. The summed E-state index contributed by atoms with van der Waals surface area (Å²) in [6.45, 7) is 1.55. The zero-order valence-electron chi connectivity index (χ0n) is 20.4. The predicted molar refractivity (Wildman–Crippen MR) is 124 cm³/mol. The van der Waals surface area contributed by atoms with Crippen LogP contribution in [0.25, 0.3) is 0 Å². The summed E-state index contributed by atoms with van der Waals surface area (Å²) >= 11 is 0. The standard InChI is InChI=1S/C26H21F3N4O5/c1-4-5-15-21-22(32-19(33-23(21)30)11-20(34)37-3)24(35)16-10-18(26(27,28)29)31-12-17(16)38-25(15,24)13-6-8-14(36-2)9-7-13/h6-10,12,15,35H,11H2,1-3H3,(H2,30,32,33)/t15-,24+,25+/m1/s1. The Morgan fingerprint density at radius 3 is 2.61 bits per heavy atom. The van der Waals surface area contributed by atoms with Gasteiger partial charge in [-0.05, 0) is 25.1 Å². The Bertz CT molecular complexity index is 1570. The van der Waals surface area contributed by atoms with Crippen LogP contribution in [0, 0.1) is 17.3 Å². The van der Waals surface area contributed by atoms with Gasteiger partial charge in [0.2, 0.25) is 0 Å². The van der Waals surface area contributed by atoms with Crippen LogP contribution >= 0.6 is 0 Å². The summed E-state index contributed by atoms with van der Waals surface area (Å²) in [5.41, 5.74) is -5.58. The molecule has 9 nitrogen and oxygen atoms in total. The topological polar surface area (TPSA) is 130 Å². The van der Waals surface area contributed by atoms with E-state index in [1.165, 1.54) is 14.2 Å². The molecule has 3 aromatic rings. The van der Waals surface area contributed by atoms with E-state index >= 15 is 0 Å². The second-order valence-corrected chi connectivity index (χ2v) is 8.74. The van der Waals surface area contributed by atoms with Crippen molar-refractivity contribution in [3.8, 4) is 23.3 Å². The Morgan fingerprint density at radius 2 is 2.00 bits per heavy atom. The second kappa shape index (κ2) is 8.59. The molecule has 1 aliphatic heterocycles. The molecule has 0 saturated carbocycles. The fourth-order valence-electron chi connectivity index (χ4n) is 5.18. The van der Waals surface area contributed by atoms with Gasteiger partial charge in [-0.15, -0.1) is 5.92 Å². The van der Waals surface area contributed by atoms with E-state index in [0.717, 1.165) is 6.20 Å². The summed E-state index contributed by atoms with van der Waals surface area (Å²) in [7, 11) is 2.65. The zero-order valence-corrected chi connectivity index (χ0v) is 20.4. The molecule has 0 fully saturated rings. The summed E-state index contributed by atoms with van der Waals surface area (Å²) in [5, 5.41) is 21.3. The van der Waals surface area contributed by atoms with Gasteiger partial charge in [-0.1, -0.05) is 18.1 Å². The summed E-state index contributed by atoms with van der Waals surface area (Å²) in [4.78, 5) is 22.6. The van der Waals surface area contributed by atoms with Gasteiger partial charge in [0.15, 0.2) is 11.2 Å². The maximum atomic E-state index is 13.7. The lowest BCUT2D eigenvalue weighted by Crippen LogP contribution is -2.49. The quantitative estimate of drug-likeness (QED) is 0.352. The van der Waals surface area contributed by atoms with E-state index in [1.807, 2.05) is 0 Å². The zero-order chi connectivity index (χ0) is 27.5. The number of aromatic nitrogens is 3. The van der Waals surface area contributed by atoms with Gasteiger partial charge in [-0.25, -0.2) is 9.97 Å². The van der Waals surface area contributed by atoms with Crippen LogP contribution in [-0.4, -0.2) is 40.2 Å². The van der Waals surface area contributed by atoms with E-state index in [2.05, 4.69) is 26.8 Å². The highest BCUT2D eigenvalue weighted by Crippen LogP contribution is 2.66. The normalized spacial score (nSPS) is 22.9. The van der Waals surface area contributed by atoms with Gasteiger partial charge in [0.05, 0.1) is 32.0 Å². The molecule has 1 aliphatic carbocycles. The number of hydrogen-bond donors (Lipinski definition) is 3. The van der Waals surface area contributed by atoms with Gasteiger partial charge in [0.25, 0.3) is 0 Å². The first kappa shape index (κ1) is 25.3. The van der Waals surface area contributed by atoms with E-state index in [-0.39, 0.29) is 40.3 Å². The number of methoxy groups -OCH3 is 2. The number of aliphatic hydroxyl groups is 1. The fraction of sp³-hybridized carbons (Fsp3) is 0.308. The number of nitrogens with zero attached hydrogens (tertiary/aromatic N) is 2. The van der Waals surface area contributed by atoms with Crippen LogP contribution in [0.5, 0.6) is 11.5 Å². The van der Waals surface area contributed by atoms with E-state index < -0.39 is 35.0 Å². The number of esters is 1. The third kappa shape index (κ3) is 3.39. The molecule has 5 rings (SSSR count). The molecule has 3 N–H and O–H groups in total. The summed E-state index contributed by atoms with van der Waals surface area (Å²) in [5.74, 6) is 4.41. The van der Waals surface area contributed by atoms with Crippen molar-refractivity contribution >= 4 is 5.97 Å². The van der Waals surface area contributed by atoms with Gasteiger partial charge >= 0.3 is 12.1 Å². The Hall–Kier alpha value is -4.37. The first-order valence-corrected chi connectivity index (χ1v) is 11.3. The van der Waals surface area contributed by atoms with Crippen LogP contribution < -0.4 is 15.0 Å². The lowest BCUT2D eigenvalue weighted by molar-refractivity contribution is -0.141. The number of alkyl halides is 3.